The summed E-state index contributed by atoms with van der Waals surface area (Å²) in [4.78, 5) is 6.50. The minimum Gasteiger partial charge on any atom is -0.382 e. The molecule has 3 rings (SSSR count). The lowest BCUT2D eigenvalue weighted by Crippen LogP contribution is -2.37. The van der Waals surface area contributed by atoms with Crippen LogP contribution in [0.3, 0.4) is 0 Å². The third-order valence-corrected chi connectivity index (χ3v) is 4.53. The average molecular weight is 284 g/mol. The number of hydrogen-bond acceptors (Lipinski definition) is 3. The Balaban J connectivity index is 1.60. The smallest absolute Gasteiger partial charge is 0.0991 e. The van der Waals surface area contributed by atoms with Crippen molar-refractivity contribution in [2.75, 3.05) is 25.5 Å². The second-order valence-electron chi connectivity index (χ2n) is 6.09. The minimum absolute atomic E-state index is 0.526. The maximum atomic E-state index is 4.08. The van der Waals surface area contributed by atoms with Crippen LogP contribution in [-0.4, -0.2) is 40.6 Å². The highest BCUT2D eigenvalue weighted by molar-refractivity contribution is 5.49. The zero-order chi connectivity index (χ0) is 14.7. The van der Waals surface area contributed by atoms with E-state index in [1.807, 2.05) is 17.1 Å². The largest absolute Gasteiger partial charge is 0.382 e. The lowest BCUT2D eigenvalue weighted by molar-refractivity contribution is 0.208. The van der Waals surface area contributed by atoms with Crippen molar-refractivity contribution in [2.24, 2.45) is 5.92 Å². The molecule has 0 amide bonds. The minimum atomic E-state index is 0.526. The van der Waals surface area contributed by atoms with Crippen molar-refractivity contribution in [3.63, 3.8) is 0 Å². The van der Waals surface area contributed by atoms with Crippen molar-refractivity contribution in [3.05, 3.63) is 43.0 Å². The topological polar surface area (TPSA) is 33.1 Å². The van der Waals surface area contributed by atoms with Crippen LogP contribution in [0.15, 0.2) is 43.0 Å². The Morgan fingerprint density at radius 3 is 2.52 bits per heavy atom. The lowest BCUT2D eigenvalue weighted by Gasteiger charge is -2.33. The molecule has 4 heteroatoms. The summed E-state index contributed by atoms with van der Waals surface area (Å²) in [6.07, 6.45) is 8.16. The monoisotopic (exact) mass is 284 g/mol. The van der Waals surface area contributed by atoms with E-state index >= 15 is 0 Å². The number of imidazole rings is 1. The van der Waals surface area contributed by atoms with Crippen LogP contribution in [0.2, 0.25) is 0 Å². The van der Waals surface area contributed by atoms with Crippen LogP contribution >= 0.6 is 0 Å². The second-order valence-corrected chi connectivity index (χ2v) is 6.09. The zero-order valence-electron chi connectivity index (χ0n) is 12.9. The van der Waals surface area contributed by atoms with Crippen LogP contribution in [0.1, 0.15) is 19.8 Å². The average Bonchev–Trinajstić information content (AvgIpc) is 3.03. The number of nitrogens with one attached hydrogen (secondary N) is 1. The van der Waals surface area contributed by atoms with Crippen molar-refractivity contribution in [3.8, 4) is 5.69 Å². The third kappa shape index (κ3) is 3.45. The summed E-state index contributed by atoms with van der Waals surface area (Å²) in [5.74, 6) is 0.773. The molecule has 112 valence electrons. The number of nitrogens with zero attached hydrogens (tertiary/aromatic N) is 3. The SMILES string of the molecule is CC(Nc1ccc(-n2ccnc2)cc1)C1CCN(C)CC1. The van der Waals surface area contributed by atoms with Gasteiger partial charge in [0, 0.05) is 29.8 Å². The van der Waals surface area contributed by atoms with Crippen LogP contribution in [0, 0.1) is 5.92 Å². The Morgan fingerprint density at radius 2 is 1.90 bits per heavy atom. The zero-order valence-corrected chi connectivity index (χ0v) is 12.9. The van der Waals surface area contributed by atoms with E-state index in [0.717, 1.165) is 11.6 Å². The molecule has 2 aromatic rings. The molecule has 0 bridgehead atoms. The van der Waals surface area contributed by atoms with Gasteiger partial charge in [0.05, 0.1) is 6.33 Å². The molecule has 0 radical (unpaired) electrons. The predicted molar refractivity (Wildman–Crippen MR) is 86.9 cm³/mol. The molecule has 1 aliphatic rings. The molecule has 0 saturated carbocycles. The van der Waals surface area contributed by atoms with E-state index in [0.29, 0.717) is 6.04 Å². The van der Waals surface area contributed by atoms with Gasteiger partial charge in [-0.3, -0.25) is 0 Å². The summed E-state index contributed by atoms with van der Waals surface area (Å²) in [6.45, 7) is 4.74. The molecule has 1 aromatic heterocycles. The lowest BCUT2D eigenvalue weighted by atomic mass is 9.90. The highest BCUT2D eigenvalue weighted by Crippen LogP contribution is 2.23. The molecule has 4 nitrogen and oxygen atoms in total. The van der Waals surface area contributed by atoms with Crippen LogP contribution in [0.5, 0.6) is 0 Å². The van der Waals surface area contributed by atoms with Crippen molar-refractivity contribution >= 4 is 5.69 Å². The second kappa shape index (κ2) is 6.31. The number of hydrogen-bond donors (Lipinski definition) is 1. The number of aromatic nitrogens is 2. The summed E-state index contributed by atoms with van der Waals surface area (Å²) in [5.41, 5.74) is 2.34. The maximum Gasteiger partial charge on any atom is 0.0991 e. The Bertz CT molecular complexity index is 539. The quantitative estimate of drug-likeness (QED) is 0.937. The van der Waals surface area contributed by atoms with E-state index in [2.05, 4.69) is 53.4 Å². The normalized spacial score (nSPS) is 18.6. The van der Waals surface area contributed by atoms with E-state index in [1.165, 1.54) is 31.6 Å². The molecular weight excluding hydrogens is 260 g/mol. The molecular formula is C17H24N4. The molecule has 1 aliphatic heterocycles. The highest BCUT2D eigenvalue weighted by Gasteiger charge is 2.21. The van der Waals surface area contributed by atoms with Crippen molar-refractivity contribution < 1.29 is 0 Å². The molecule has 1 saturated heterocycles. The van der Waals surface area contributed by atoms with E-state index in [1.54, 1.807) is 6.20 Å². The van der Waals surface area contributed by atoms with Gasteiger partial charge in [-0.15, -0.1) is 0 Å². The number of benzene rings is 1. The van der Waals surface area contributed by atoms with Crippen LogP contribution in [-0.2, 0) is 0 Å². The van der Waals surface area contributed by atoms with Crippen molar-refractivity contribution in [1.29, 1.82) is 0 Å². The molecule has 2 heterocycles. The molecule has 1 aromatic carbocycles. The van der Waals surface area contributed by atoms with E-state index in [4.69, 9.17) is 0 Å². The third-order valence-electron chi connectivity index (χ3n) is 4.53. The van der Waals surface area contributed by atoms with E-state index in [-0.39, 0.29) is 0 Å². The van der Waals surface area contributed by atoms with Crippen LogP contribution in [0.4, 0.5) is 5.69 Å². The standard InChI is InChI=1S/C17H24N4/c1-14(15-7-10-20(2)11-8-15)19-16-3-5-17(6-4-16)21-12-9-18-13-21/h3-6,9,12-15,19H,7-8,10-11H2,1-2H3. The first-order valence-corrected chi connectivity index (χ1v) is 7.76. The van der Waals surface area contributed by atoms with Gasteiger partial charge in [0.2, 0.25) is 0 Å². The summed E-state index contributed by atoms with van der Waals surface area (Å²) in [6, 6.07) is 9.09. The van der Waals surface area contributed by atoms with Crippen LogP contribution < -0.4 is 5.32 Å². The van der Waals surface area contributed by atoms with Gasteiger partial charge in [-0.05, 0) is 70.1 Å². The Hall–Kier alpha value is -1.81. The fraction of sp³-hybridized carbons (Fsp3) is 0.471. The van der Waals surface area contributed by atoms with Gasteiger partial charge < -0.3 is 14.8 Å². The fourth-order valence-electron chi connectivity index (χ4n) is 3.05. The van der Waals surface area contributed by atoms with Gasteiger partial charge in [-0.25, -0.2) is 4.98 Å². The molecule has 1 atom stereocenters. The summed E-state index contributed by atoms with van der Waals surface area (Å²) in [7, 11) is 2.21. The first-order chi connectivity index (χ1) is 10.2. The van der Waals surface area contributed by atoms with E-state index in [9.17, 15) is 0 Å². The van der Waals surface area contributed by atoms with Gasteiger partial charge in [0.25, 0.3) is 0 Å². The Labute approximate surface area is 126 Å². The number of anilines is 1. The summed E-state index contributed by atoms with van der Waals surface area (Å²) >= 11 is 0. The number of rotatable bonds is 4. The van der Waals surface area contributed by atoms with Gasteiger partial charge in [-0.2, -0.15) is 0 Å². The summed E-state index contributed by atoms with van der Waals surface area (Å²) in [5, 5.41) is 3.66. The van der Waals surface area contributed by atoms with Crippen molar-refractivity contribution in [2.45, 2.75) is 25.8 Å². The molecule has 1 N–H and O–H groups in total. The Morgan fingerprint density at radius 1 is 1.19 bits per heavy atom. The van der Waals surface area contributed by atoms with Gasteiger partial charge in [-0.1, -0.05) is 0 Å². The fourth-order valence-corrected chi connectivity index (χ4v) is 3.05. The maximum absolute atomic E-state index is 4.08. The molecule has 1 unspecified atom stereocenters. The summed E-state index contributed by atoms with van der Waals surface area (Å²) < 4.78 is 2.02. The van der Waals surface area contributed by atoms with E-state index < -0.39 is 0 Å². The first-order valence-electron chi connectivity index (χ1n) is 7.76. The molecule has 1 fully saturated rings. The van der Waals surface area contributed by atoms with Gasteiger partial charge >= 0.3 is 0 Å². The molecule has 0 aliphatic carbocycles. The van der Waals surface area contributed by atoms with Gasteiger partial charge in [0.15, 0.2) is 0 Å². The number of piperidine rings is 1. The number of likely N-dealkylation sites (tertiary alicyclic amines) is 1. The molecule has 0 spiro atoms. The first kappa shape index (κ1) is 14.1. The Kier molecular flexibility index (Phi) is 4.25. The highest BCUT2D eigenvalue weighted by atomic mass is 15.1. The van der Waals surface area contributed by atoms with Crippen molar-refractivity contribution in [1.82, 2.24) is 14.5 Å². The predicted octanol–water partition coefficient (Wildman–Crippen LogP) is 3.01. The van der Waals surface area contributed by atoms with Crippen LogP contribution in [0.25, 0.3) is 5.69 Å². The molecule has 21 heavy (non-hydrogen) atoms. The van der Waals surface area contributed by atoms with Gasteiger partial charge in [0.1, 0.15) is 0 Å².